The van der Waals surface area contributed by atoms with Gasteiger partial charge >= 0.3 is 0 Å². The van der Waals surface area contributed by atoms with Crippen LogP contribution in [-0.4, -0.2) is 31.7 Å². The highest BCUT2D eigenvalue weighted by molar-refractivity contribution is 4.92. The molecule has 18 heavy (non-hydrogen) atoms. The molecule has 3 atom stereocenters. The third kappa shape index (κ3) is 3.34. The van der Waals surface area contributed by atoms with Crippen LogP contribution in [0.1, 0.15) is 40.0 Å². The summed E-state index contributed by atoms with van der Waals surface area (Å²) in [5.74, 6) is 0.296. The van der Waals surface area contributed by atoms with Crippen molar-refractivity contribution in [3.63, 3.8) is 0 Å². The lowest BCUT2D eigenvalue weighted by Gasteiger charge is -2.44. The van der Waals surface area contributed by atoms with Crippen molar-refractivity contribution in [2.45, 2.75) is 51.9 Å². The van der Waals surface area contributed by atoms with Crippen LogP contribution in [0.2, 0.25) is 0 Å². The van der Waals surface area contributed by atoms with Crippen LogP contribution in [0.5, 0.6) is 0 Å². The van der Waals surface area contributed by atoms with Gasteiger partial charge in [0.2, 0.25) is 0 Å². The maximum Gasteiger partial charge on any atom is 0.169 e. The highest BCUT2D eigenvalue weighted by atomic mass is 16.7. The SMILES string of the molecule is C=CCOCC1COC2(CC(C)CC(C)(C)C2)O1. The van der Waals surface area contributed by atoms with Gasteiger partial charge in [-0.1, -0.05) is 26.8 Å². The van der Waals surface area contributed by atoms with E-state index < -0.39 is 0 Å². The van der Waals surface area contributed by atoms with E-state index in [1.54, 1.807) is 6.08 Å². The zero-order valence-corrected chi connectivity index (χ0v) is 11.9. The Morgan fingerprint density at radius 2 is 2.17 bits per heavy atom. The molecule has 2 aliphatic rings. The molecule has 0 N–H and O–H groups in total. The first kappa shape index (κ1) is 14.0. The minimum Gasteiger partial charge on any atom is -0.375 e. The van der Waals surface area contributed by atoms with Crippen LogP contribution in [0.3, 0.4) is 0 Å². The first-order valence-corrected chi connectivity index (χ1v) is 6.95. The molecular formula is C15H26O3. The molecule has 0 aromatic heterocycles. The molecule has 1 aliphatic heterocycles. The van der Waals surface area contributed by atoms with Gasteiger partial charge in [-0.25, -0.2) is 0 Å². The fraction of sp³-hybridized carbons (Fsp3) is 0.867. The number of hydrogen-bond donors (Lipinski definition) is 0. The van der Waals surface area contributed by atoms with E-state index in [0.29, 0.717) is 31.2 Å². The monoisotopic (exact) mass is 254 g/mol. The molecule has 0 radical (unpaired) electrons. The van der Waals surface area contributed by atoms with Gasteiger partial charge in [0.05, 0.1) is 19.8 Å². The molecule has 104 valence electrons. The predicted molar refractivity (Wildman–Crippen MR) is 71.4 cm³/mol. The fourth-order valence-corrected chi connectivity index (χ4v) is 3.60. The van der Waals surface area contributed by atoms with Gasteiger partial charge in [0, 0.05) is 12.8 Å². The number of rotatable bonds is 4. The first-order valence-electron chi connectivity index (χ1n) is 6.95. The van der Waals surface area contributed by atoms with Gasteiger partial charge in [0.15, 0.2) is 5.79 Å². The van der Waals surface area contributed by atoms with Gasteiger partial charge in [-0.2, -0.15) is 0 Å². The molecule has 3 heteroatoms. The Morgan fingerprint density at radius 3 is 2.83 bits per heavy atom. The van der Waals surface area contributed by atoms with Crippen LogP contribution in [0.15, 0.2) is 12.7 Å². The van der Waals surface area contributed by atoms with Crippen molar-refractivity contribution in [2.24, 2.45) is 11.3 Å². The zero-order valence-electron chi connectivity index (χ0n) is 11.9. The van der Waals surface area contributed by atoms with E-state index in [-0.39, 0.29) is 11.9 Å². The molecule has 1 spiro atoms. The van der Waals surface area contributed by atoms with Gasteiger partial charge in [0.1, 0.15) is 6.10 Å². The Bertz CT molecular complexity index is 300. The second-order valence-corrected chi connectivity index (χ2v) is 6.64. The predicted octanol–water partition coefficient (Wildman–Crippen LogP) is 3.15. The van der Waals surface area contributed by atoms with E-state index in [4.69, 9.17) is 14.2 Å². The molecule has 1 aliphatic carbocycles. The third-order valence-electron chi connectivity index (χ3n) is 3.76. The molecule has 3 nitrogen and oxygen atoms in total. The minimum atomic E-state index is -0.358. The lowest BCUT2D eigenvalue weighted by Crippen LogP contribution is -2.43. The van der Waals surface area contributed by atoms with Crippen LogP contribution < -0.4 is 0 Å². The second kappa shape index (κ2) is 5.32. The summed E-state index contributed by atoms with van der Waals surface area (Å²) in [6, 6.07) is 0. The first-order chi connectivity index (χ1) is 8.45. The molecular weight excluding hydrogens is 228 g/mol. The van der Waals surface area contributed by atoms with Crippen molar-refractivity contribution in [2.75, 3.05) is 19.8 Å². The van der Waals surface area contributed by atoms with Crippen molar-refractivity contribution in [1.29, 1.82) is 0 Å². The summed E-state index contributed by atoms with van der Waals surface area (Å²) >= 11 is 0. The lowest BCUT2D eigenvalue weighted by molar-refractivity contribution is -0.219. The normalized spacial score (nSPS) is 39.1. The maximum atomic E-state index is 6.16. The quantitative estimate of drug-likeness (QED) is 0.570. The topological polar surface area (TPSA) is 27.7 Å². The third-order valence-corrected chi connectivity index (χ3v) is 3.76. The summed E-state index contributed by atoms with van der Waals surface area (Å²) in [6.07, 6.45) is 5.08. The molecule has 1 saturated heterocycles. The fourth-order valence-electron chi connectivity index (χ4n) is 3.60. The van der Waals surface area contributed by atoms with Crippen molar-refractivity contribution in [3.8, 4) is 0 Å². The maximum absolute atomic E-state index is 6.16. The Hall–Kier alpha value is -0.380. The Kier molecular flexibility index (Phi) is 4.15. The summed E-state index contributed by atoms with van der Waals surface area (Å²) in [5.41, 5.74) is 0.300. The summed E-state index contributed by atoms with van der Waals surface area (Å²) in [6.45, 7) is 12.4. The molecule has 0 aromatic carbocycles. The Labute approximate surface area is 110 Å². The smallest absolute Gasteiger partial charge is 0.169 e. The lowest BCUT2D eigenvalue weighted by atomic mass is 9.70. The van der Waals surface area contributed by atoms with E-state index in [1.807, 2.05) is 0 Å². The largest absolute Gasteiger partial charge is 0.375 e. The number of ether oxygens (including phenoxy) is 3. The van der Waals surface area contributed by atoms with Crippen LogP contribution in [0.4, 0.5) is 0 Å². The molecule has 0 amide bonds. The summed E-state index contributed by atoms with van der Waals surface area (Å²) in [4.78, 5) is 0. The standard InChI is InChI=1S/C15H26O3/c1-5-6-16-9-13-10-17-15(18-13)8-12(2)7-14(3,4)11-15/h5,12-13H,1,6-11H2,2-4H3. The van der Waals surface area contributed by atoms with Crippen LogP contribution in [-0.2, 0) is 14.2 Å². The van der Waals surface area contributed by atoms with E-state index in [9.17, 15) is 0 Å². The molecule has 2 fully saturated rings. The van der Waals surface area contributed by atoms with Crippen LogP contribution in [0.25, 0.3) is 0 Å². The van der Waals surface area contributed by atoms with Crippen LogP contribution >= 0.6 is 0 Å². The van der Waals surface area contributed by atoms with Crippen LogP contribution in [0, 0.1) is 11.3 Å². The van der Waals surface area contributed by atoms with E-state index >= 15 is 0 Å². The molecule has 0 aromatic rings. The highest BCUT2D eigenvalue weighted by Gasteiger charge is 2.49. The van der Waals surface area contributed by atoms with Gasteiger partial charge in [-0.3, -0.25) is 0 Å². The highest BCUT2D eigenvalue weighted by Crippen LogP contribution is 2.48. The molecule has 1 heterocycles. The zero-order chi connectivity index (χ0) is 13.2. The Morgan fingerprint density at radius 1 is 1.39 bits per heavy atom. The molecule has 1 saturated carbocycles. The summed E-state index contributed by atoms with van der Waals surface area (Å²) in [7, 11) is 0. The van der Waals surface area contributed by atoms with Gasteiger partial charge in [0.25, 0.3) is 0 Å². The van der Waals surface area contributed by atoms with E-state index in [0.717, 1.165) is 12.8 Å². The summed E-state index contributed by atoms with van der Waals surface area (Å²) in [5, 5.41) is 0. The van der Waals surface area contributed by atoms with E-state index in [1.165, 1.54) is 6.42 Å². The van der Waals surface area contributed by atoms with E-state index in [2.05, 4.69) is 27.4 Å². The molecule has 3 unspecified atom stereocenters. The Balaban J connectivity index is 1.91. The minimum absolute atomic E-state index is 0.0750. The van der Waals surface area contributed by atoms with Crippen molar-refractivity contribution >= 4 is 0 Å². The summed E-state index contributed by atoms with van der Waals surface area (Å²) < 4.78 is 17.6. The second-order valence-electron chi connectivity index (χ2n) is 6.64. The number of hydrogen-bond acceptors (Lipinski definition) is 3. The van der Waals surface area contributed by atoms with Crippen molar-refractivity contribution in [1.82, 2.24) is 0 Å². The molecule has 0 bridgehead atoms. The van der Waals surface area contributed by atoms with Gasteiger partial charge in [-0.15, -0.1) is 6.58 Å². The average Bonchev–Trinajstić information content (AvgIpc) is 2.58. The van der Waals surface area contributed by atoms with Gasteiger partial charge < -0.3 is 14.2 Å². The van der Waals surface area contributed by atoms with Gasteiger partial charge in [-0.05, 0) is 17.8 Å². The molecule has 2 rings (SSSR count). The van der Waals surface area contributed by atoms with Crippen molar-refractivity contribution < 1.29 is 14.2 Å². The van der Waals surface area contributed by atoms with Crippen molar-refractivity contribution in [3.05, 3.63) is 12.7 Å². The average molecular weight is 254 g/mol.